The summed E-state index contributed by atoms with van der Waals surface area (Å²) in [5.41, 5.74) is 2.17. The maximum absolute atomic E-state index is 5.36. The van der Waals surface area contributed by atoms with E-state index in [1.165, 1.54) is 0 Å². The van der Waals surface area contributed by atoms with Crippen LogP contribution in [0.25, 0.3) is 0 Å². The quantitative estimate of drug-likeness (QED) is 0.792. The van der Waals surface area contributed by atoms with Crippen LogP contribution >= 0.6 is 28.1 Å². The van der Waals surface area contributed by atoms with Crippen LogP contribution in [0.3, 0.4) is 0 Å². The summed E-state index contributed by atoms with van der Waals surface area (Å²) in [6.07, 6.45) is 0.692. The van der Waals surface area contributed by atoms with Gasteiger partial charge in [0.25, 0.3) is 0 Å². The van der Waals surface area contributed by atoms with Crippen molar-refractivity contribution in [2.75, 3.05) is 7.11 Å². The number of aromatic amines is 1. The van der Waals surface area contributed by atoms with Gasteiger partial charge in [-0.3, -0.25) is 0 Å². The summed E-state index contributed by atoms with van der Waals surface area (Å²) in [7, 11) is 1.67. The van der Waals surface area contributed by atoms with Crippen molar-refractivity contribution < 1.29 is 4.74 Å². The van der Waals surface area contributed by atoms with Crippen molar-refractivity contribution in [3.63, 3.8) is 0 Å². The van der Waals surface area contributed by atoms with E-state index in [0.29, 0.717) is 11.1 Å². The summed E-state index contributed by atoms with van der Waals surface area (Å²) < 4.78 is 6.72. The average Bonchev–Trinajstić information content (AvgIpc) is 2.41. The third-order valence-electron chi connectivity index (χ3n) is 3.17. The number of benzene rings is 1. The van der Waals surface area contributed by atoms with Gasteiger partial charge in [0, 0.05) is 17.5 Å². The Kier molecular flexibility index (Phi) is 4.84. The number of nitrogens with zero attached hydrogens (tertiary/aromatic N) is 1. The molecule has 0 fully saturated rings. The lowest BCUT2D eigenvalue weighted by atomic mass is 9.92. The molecule has 0 atom stereocenters. The fourth-order valence-corrected chi connectivity index (χ4v) is 3.08. The Hall–Kier alpha value is -1.20. The van der Waals surface area contributed by atoms with Gasteiger partial charge in [-0.05, 0) is 33.6 Å². The predicted molar refractivity (Wildman–Crippen MR) is 91.6 cm³/mol. The second-order valence-electron chi connectivity index (χ2n) is 5.96. The zero-order chi connectivity index (χ0) is 15.6. The third-order valence-corrected chi connectivity index (χ3v) is 4.50. The molecule has 1 aromatic carbocycles. The van der Waals surface area contributed by atoms with Crippen molar-refractivity contribution in [3.8, 4) is 5.75 Å². The van der Waals surface area contributed by atoms with Crippen LogP contribution in [-0.2, 0) is 11.8 Å². The van der Waals surface area contributed by atoms with Crippen LogP contribution in [0.5, 0.6) is 5.75 Å². The van der Waals surface area contributed by atoms with Crippen molar-refractivity contribution in [1.29, 1.82) is 0 Å². The van der Waals surface area contributed by atoms with Gasteiger partial charge >= 0.3 is 0 Å². The maximum atomic E-state index is 5.36. The normalized spacial score (nSPS) is 11.5. The van der Waals surface area contributed by atoms with Crippen LogP contribution in [0.2, 0.25) is 0 Å². The number of ether oxygens (including phenoxy) is 1. The Morgan fingerprint density at radius 1 is 1.33 bits per heavy atom. The molecule has 0 aliphatic rings. The molecule has 112 valence electrons. The van der Waals surface area contributed by atoms with Gasteiger partial charge in [0.2, 0.25) is 0 Å². The second kappa shape index (κ2) is 6.28. The summed E-state index contributed by atoms with van der Waals surface area (Å²) in [4.78, 5) is 7.88. The first-order valence-electron chi connectivity index (χ1n) is 6.73. The van der Waals surface area contributed by atoms with E-state index in [-0.39, 0.29) is 5.41 Å². The highest BCUT2D eigenvalue weighted by Gasteiger charge is 2.20. The van der Waals surface area contributed by atoms with E-state index >= 15 is 0 Å². The minimum Gasteiger partial charge on any atom is -0.497 e. The molecule has 21 heavy (non-hydrogen) atoms. The van der Waals surface area contributed by atoms with E-state index in [2.05, 4.69) is 52.7 Å². The monoisotopic (exact) mass is 366 g/mol. The fraction of sp³-hybridized carbons (Fsp3) is 0.375. The Labute approximate surface area is 138 Å². The predicted octanol–water partition coefficient (Wildman–Crippen LogP) is 4.80. The molecule has 1 heterocycles. The number of methoxy groups -OCH3 is 1. The lowest BCUT2D eigenvalue weighted by molar-refractivity contribution is 0.414. The lowest BCUT2D eigenvalue weighted by Crippen LogP contribution is -2.17. The first-order valence-corrected chi connectivity index (χ1v) is 7.93. The van der Waals surface area contributed by atoms with E-state index < -0.39 is 0 Å². The SMILES string of the molecule is COc1cccc(Cc2nc(=S)c(Br)c(C(C)(C)C)[nH]2)c1. The summed E-state index contributed by atoms with van der Waals surface area (Å²) in [6.45, 7) is 6.44. The van der Waals surface area contributed by atoms with Gasteiger partial charge in [-0.2, -0.15) is 0 Å². The fourth-order valence-electron chi connectivity index (χ4n) is 2.08. The standard InChI is InChI=1S/C16H19BrN2OS/c1-16(2,3)14-13(17)15(21)19-12(18-14)9-10-6-5-7-11(8-10)20-4/h5-8H,9H2,1-4H3,(H,18,19,21). The molecule has 1 aromatic heterocycles. The van der Waals surface area contributed by atoms with Gasteiger partial charge in [-0.1, -0.05) is 45.1 Å². The Bertz CT molecular complexity index is 704. The number of hydrogen-bond donors (Lipinski definition) is 1. The lowest BCUT2D eigenvalue weighted by Gasteiger charge is -2.21. The maximum Gasteiger partial charge on any atom is 0.144 e. The van der Waals surface area contributed by atoms with E-state index in [1.807, 2.05) is 18.2 Å². The van der Waals surface area contributed by atoms with Crippen LogP contribution in [0.1, 0.15) is 37.9 Å². The molecule has 3 nitrogen and oxygen atoms in total. The smallest absolute Gasteiger partial charge is 0.144 e. The zero-order valence-corrected chi connectivity index (χ0v) is 15.1. The molecule has 0 spiro atoms. The minimum absolute atomic E-state index is 0.0293. The largest absolute Gasteiger partial charge is 0.497 e. The van der Waals surface area contributed by atoms with Crippen molar-refractivity contribution in [3.05, 3.63) is 50.5 Å². The molecule has 0 saturated carbocycles. The minimum atomic E-state index is -0.0293. The average molecular weight is 367 g/mol. The molecule has 2 aromatic rings. The van der Waals surface area contributed by atoms with Crippen LogP contribution < -0.4 is 4.74 Å². The number of hydrogen-bond acceptors (Lipinski definition) is 3. The Balaban J connectivity index is 2.41. The molecule has 0 saturated heterocycles. The molecule has 0 aliphatic heterocycles. The van der Waals surface area contributed by atoms with Gasteiger partial charge in [-0.15, -0.1) is 0 Å². The number of nitrogens with one attached hydrogen (secondary N) is 1. The summed E-state index contributed by atoms with van der Waals surface area (Å²) in [6, 6.07) is 7.98. The number of H-pyrrole nitrogens is 1. The van der Waals surface area contributed by atoms with Crippen molar-refractivity contribution in [2.24, 2.45) is 0 Å². The molecule has 0 bridgehead atoms. The van der Waals surface area contributed by atoms with E-state index in [4.69, 9.17) is 17.0 Å². The summed E-state index contributed by atoms with van der Waals surface area (Å²) in [5, 5.41) is 0. The van der Waals surface area contributed by atoms with Gasteiger partial charge in [0.15, 0.2) is 0 Å². The van der Waals surface area contributed by atoms with Gasteiger partial charge < -0.3 is 9.72 Å². The Morgan fingerprint density at radius 3 is 2.67 bits per heavy atom. The molecule has 0 aliphatic carbocycles. The van der Waals surface area contributed by atoms with Crippen LogP contribution in [0.15, 0.2) is 28.7 Å². The highest BCUT2D eigenvalue weighted by Crippen LogP contribution is 2.28. The van der Waals surface area contributed by atoms with E-state index in [0.717, 1.165) is 27.3 Å². The highest BCUT2D eigenvalue weighted by molar-refractivity contribution is 9.10. The number of rotatable bonds is 3. The molecule has 0 amide bonds. The molecule has 0 unspecified atom stereocenters. The second-order valence-corrected chi connectivity index (χ2v) is 7.14. The van der Waals surface area contributed by atoms with E-state index in [9.17, 15) is 0 Å². The molecular weight excluding hydrogens is 348 g/mol. The number of aromatic nitrogens is 2. The van der Waals surface area contributed by atoms with Crippen molar-refractivity contribution in [2.45, 2.75) is 32.6 Å². The molecular formula is C16H19BrN2OS. The van der Waals surface area contributed by atoms with Gasteiger partial charge in [-0.25, -0.2) is 4.98 Å². The van der Waals surface area contributed by atoms with Crippen LogP contribution in [0, 0.1) is 4.64 Å². The molecule has 0 radical (unpaired) electrons. The van der Waals surface area contributed by atoms with Crippen LogP contribution in [-0.4, -0.2) is 17.1 Å². The first-order chi connectivity index (χ1) is 9.81. The Morgan fingerprint density at radius 2 is 2.05 bits per heavy atom. The highest BCUT2D eigenvalue weighted by atomic mass is 79.9. The molecule has 1 N–H and O–H groups in total. The molecule has 2 rings (SSSR count). The summed E-state index contributed by atoms with van der Waals surface area (Å²) >= 11 is 8.90. The van der Waals surface area contributed by atoms with Gasteiger partial charge in [0.05, 0.1) is 11.6 Å². The van der Waals surface area contributed by atoms with Crippen molar-refractivity contribution >= 4 is 28.1 Å². The van der Waals surface area contributed by atoms with Crippen molar-refractivity contribution in [1.82, 2.24) is 9.97 Å². The third kappa shape index (κ3) is 3.92. The molecule has 5 heteroatoms. The van der Waals surface area contributed by atoms with Crippen LogP contribution in [0.4, 0.5) is 0 Å². The zero-order valence-electron chi connectivity index (χ0n) is 12.7. The van der Waals surface area contributed by atoms with E-state index in [1.54, 1.807) is 7.11 Å². The van der Waals surface area contributed by atoms with Gasteiger partial charge in [0.1, 0.15) is 16.2 Å². The number of halogens is 1. The topological polar surface area (TPSA) is 37.9 Å². The summed E-state index contributed by atoms with van der Waals surface area (Å²) in [5.74, 6) is 1.71. The first kappa shape index (κ1) is 16.2.